The zero-order chi connectivity index (χ0) is 12.1. The van der Waals surface area contributed by atoms with Gasteiger partial charge in [0.05, 0.1) is 6.54 Å². The minimum absolute atomic E-state index is 0. The van der Waals surface area contributed by atoms with Crippen LogP contribution in [-0.2, 0) is 11.3 Å². The van der Waals surface area contributed by atoms with Gasteiger partial charge < -0.3 is 10.6 Å². The van der Waals surface area contributed by atoms with E-state index in [1.807, 2.05) is 24.3 Å². The van der Waals surface area contributed by atoms with E-state index in [4.69, 9.17) is 11.6 Å². The fourth-order valence-electron chi connectivity index (χ4n) is 1.61. The molecule has 1 saturated carbocycles. The Labute approximate surface area is 119 Å². The van der Waals surface area contributed by atoms with E-state index in [-0.39, 0.29) is 18.3 Å². The first-order valence-corrected chi connectivity index (χ1v) is 6.34. The van der Waals surface area contributed by atoms with Crippen molar-refractivity contribution < 1.29 is 4.79 Å². The van der Waals surface area contributed by atoms with Gasteiger partial charge in [0.25, 0.3) is 0 Å². The normalized spacial score (nSPS) is 13.8. The van der Waals surface area contributed by atoms with Gasteiger partial charge in [-0.05, 0) is 36.9 Å². The van der Waals surface area contributed by atoms with Crippen molar-refractivity contribution in [1.29, 1.82) is 0 Å². The zero-order valence-electron chi connectivity index (χ0n) is 10.1. The molecular weight excluding hydrogens is 271 g/mol. The van der Waals surface area contributed by atoms with Crippen LogP contribution in [0.15, 0.2) is 24.3 Å². The summed E-state index contributed by atoms with van der Waals surface area (Å²) in [5, 5.41) is 6.69. The van der Waals surface area contributed by atoms with Gasteiger partial charge in [-0.25, -0.2) is 0 Å². The van der Waals surface area contributed by atoms with Crippen molar-refractivity contribution in [2.45, 2.75) is 19.4 Å². The van der Waals surface area contributed by atoms with Crippen molar-refractivity contribution in [3.05, 3.63) is 34.9 Å². The van der Waals surface area contributed by atoms with Crippen molar-refractivity contribution in [3.63, 3.8) is 0 Å². The third kappa shape index (κ3) is 5.25. The summed E-state index contributed by atoms with van der Waals surface area (Å²) in [5.74, 6) is 0.817. The Bertz CT molecular complexity index is 394. The fourth-order valence-corrected chi connectivity index (χ4v) is 1.81. The topological polar surface area (TPSA) is 41.1 Å². The Morgan fingerprint density at radius 1 is 1.33 bits per heavy atom. The van der Waals surface area contributed by atoms with E-state index in [1.54, 1.807) is 0 Å². The van der Waals surface area contributed by atoms with Crippen LogP contribution in [0.1, 0.15) is 18.4 Å². The first-order valence-electron chi connectivity index (χ1n) is 5.96. The number of carbonyl (C=O) groups is 1. The summed E-state index contributed by atoms with van der Waals surface area (Å²) in [6.07, 6.45) is 2.60. The molecule has 0 atom stereocenters. The predicted octanol–water partition coefficient (Wildman–Crippen LogP) is 2.38. The summed E-state index contributed by atoms with van der Waals surface area (Å²) in [6.45, 7) is 1.84. The van der Waals surface area contributed by atoms with Gasteiger partial charge in [0, 0.05) is 11.6 Å². The molecule has 1 aliphatic carbocycles. The quantitative estimate of drug-likeness (QED) is 0.844. The van der Waals surface area contributed by atoms with Gasteiger partial charge in [0.2, 0.25) is 5.91 Å². The van der Waals surface area contributed by atoms with Crippen molar-refractivity contribution in [3.8, 4) is 0 Å². The molecule has 1 amide bonds. The molecule has 0 bridgehead atoms. The lowest BCUT2D eigenvalue weighted by atomic mass is 10.2. The molecule has 2 rings (SSSR count). The highest BCUT2D eigenvalue weighted by molar-refractivity contribution is 6.31. The molecule has 0 radical (unpaired) electrons. The van der Waals surface area contributed by atoms with Crippen LogP contribution >= 0.6 is 24.0 Å². The van der Waals surface area contributed by atoms with Crippen LogP contribution < -0.4 is 10.6 Å². The van der Waals surface area contributed by atoms with E-state index in [9.17, 15) is 4.79 Å². The van der Waals surface area contributed by atoms with Crippen LogP contribution in [-0.4, -0.2) is 19.0 Å². The number of benzene rings is 1. The number of hydrogen-bond donors (Lipinski definition) is 2. The van der Waals surface area contributed by atoms with Gasteiger partial charge in [-0.15, -0.1) is 12.4 Å². The van der Waals surface area contributed by atoms with E-state index in [0.29, 0.717) is 18.1 Å². The van der Waals surface area contributed by atoms with Crippen LogP contribution in [0.2, 0.25) is 5.02 Å². The van der Waals surface area contributed by atoms with Gasteiger partial charge in [-0.2, -0.15) is 0 Å². The summed E-state index contributed by atoms with van der Waals surface area (Å²) in [5.41, 5.74) is 0.949. The maximum absolute atomic E-state index is 11.5. The molecule has 0 aromatic heterocycles. The molecule has 0 spiro atoms. The smallest absolute Gasteiger partial charge is 0.234 e. The molecule has 18 heavy (non-hydrogen) atoms. The van der Waals surface area contributed by atoms with E-state index in [2.05, 4.69) is 10.6 Å². The molecule has 0 aliphatic heterocycles. The Kier molecular flexibility index (Phi) is 6.47. The minimum atomic E-state index is 0. The lowest BCUT2D eigenvalue weighted by Crippen LogP contribution is -2.34. The van der Waals surface area contributed by atoms with Gasteiger partial charge in [-0.3, -0.25) is 4.79 Å². The number of amides is 1. The Morgan fingerprint density at radius 2 is 2.06 bits per heavy atom. The van der Waals surface area contributed by atoms with Gasteiger partial charge in [0.1, 0.15) is 0 Å². The number of rotatable bonds is 6. The van der Waals surface area contributed by atoms with Crippen LogP contribution in [0.25, 0.3) is 0 Å². The first-order chi connectivity index (χ1) is 8.25. The number of carbonyl (C=O) groups excluding carboxylic acids is 1. The third-order valence-electron chi connectivity index (χ3n) is 2.85. The Morgan fingerprint density at radius 3 is 2.72 bits per heavy atom. The molecule has 0 heterocycles. The highest BCUT2D eigenvalue weighted by Crippen LogP contribution is 2.27. The van der Waals surface area contributed by atoms with Crippen LogP contribution in [0.5, 0.6) is 0 Å². The van der Waals surface area contributed by atoms with E-state index in [1.165, 1.54) is 12.8 Å². The average Bonchev–Trinajstić information content (AvgIpc) is 3.12. The second-order valence-corrected chi connectivity index (χ2v) is 4.85. The second kappa shape index (κ2) is 7.62. The van der Waals surface area contributed by atoms with Crippen LogP contribution in [0, 0.1) is 5.92 Å². The molecule has 0 saturated heterocycles. The van der Waals surface area contributed by atoms with Crippen molar-refractivity contribution in [2.75, 3.05) is 13.1 Å². The van der Waals surface area contributed by atoms with Crippen LogP contribution in [0.3, 0.4) is 0 Å². The summed E-state index contributed by atoms with van der Waals surface area (Å²) in [4.78, 5) is 11.5. The fraction of sp³-hybridized carbons (Fsp3) is 0.462. The molecule has 1 aliphatic rings. The number of halogens is 2. The standard InChI is InChI=1S/C13H17ClN2O.ClH/c14-12-4-2-1-3-11(12)8-16-13(17)9-15-7-10-5-6-10;/h1-4,10,15H,5-9H2,(H,16,17);1H. The highest BCUT2D eigenvalue weighted by atomic mass is 35.5. The lowest BCUT2D eigenvalue weighted by molar-refractivity contribution is -0.120. The van der Waals surface area contributed by atoms with Crippen molar-refractivity contribution in [2.24, 2.45) is 5.92 Å². The van der Waals surface area contributed by atoms with Crippen LogP contribution in [0.4, 0.5) is 0 Å². The summed E-state index contributed by atoms with van der Waals surface area (Å²) in [7, 11) is 0. The van der Waals surface area contributed by atoms with E-state index >= 15 is 0 Å². The molecule has 1 aromatic carbocycles. The number of hydrogen-bond acceptors (Lipinski definition) is 2. The second-order valence-electron chi connectivity index (χ2n) is 4.44. The summed E-state index contributed by atoms with van der Waals surface area (Å²) in [6, 6.07) is 7.54. The predicted molar refractivity (Wildman–Crippen MR) is 76.1 cm³/mol. The maximum Gasteiger partial charge on any atom is 0.234 e. The molecule has 5 heteroatoms. The third-order valence-corrected chi connectivity index (χ3v) is 3.22. The average molecular weight is 289 g/mol. The molecule has 1 aromatic rings. The van der Waals surface area contributed by atoms with E-state index < -0.39 is 0 Å². The summed E-state index contributed by atoms with van der Waals surface area (Å²) >= 11 is 5.99. The van der Waals surface area contributed by atoms with Crippen molar-refractivity contribution in [1.82, 2.24) is 10.6 Å². The lowest BCUT2D eigenvalue weighted by Gasteiger charge is -2.07. The van der Waals surface area contributed by atoms with E-state index in [0.717, 1.165) is 18.0 Å². The van der Waals surface area contributed by atoms with Gasteiger partial charge in [0.15, 0.2) is 0 Å². The molecule has 0 unspecified atom stereocenters. The maximum atomic E-state index is 11.5. The molecular formula is C13H18Cl2N2O. The van der Waals surface area contributed by atoms with Gasteiger partial charge >= 0.3 is 0 Å². The highest BCUT2D eigenvalue weighted by Gasteiger charge is 2.20. The molecule has 100 valence electrons. The largest absolute Gasteiger partial charge is 0.351 e. The zero-order valence-corrected chi connectivity index (χ0v) is 11.7. The number of nitrogens with one attached hydrogen (secondary N) is 2. The summed E-state index contributed by atoms with van der Waals surface area (Å²) < 4.78 is 0. The monoisotopic (exact) mass is 288 g/mol. The molecule has 2 N–H and O–H groups in total. The Hall–Kier alpha value is -0.770. The first kappa shape index (κ1) is 15.3. The van der Waals surface area contributed by atoms with Crippen molar-refractivity contribution >= 4 is 29.9 Å². The minimum Gasteiger partial charge on any atom is -0.351 e. The SMILES string of the molecule is Cl.O=C(CNCC1CC1)NCc1ccccc1Cl. The van der Waals surface area contributed by atoms with Gasteiger partial charge in [-0.1, -0.05) is 29.8 Å². The molecule has 3 nitrogen and oxygen atoms in total. The molecule has 1 fully saturated rings. The Balaban J connectivity index is 0.00000162.